The molecular formula is C17H35N3O. The predicted molar refractivity (Wildman–Crippen MR) is 88.6 cm³/mol. The molecule has 1 saturated heterocycles. The van der Waals surface area contributed by atoms with Crippen molar-refractivity contribution in [2.45, 2.75) is 63.6 Å². The van der Waals surface area contributed by atoms with Crippen LogP contribution in [0.15, 0.2) is 0 Å². The molecule has 2 rings (SSSR count). The van der Waals surface area contributed by atoms with Gasteiger partial charge in [0.1, 0.15) is 0 Å². The fourth-order valence-electron chi connectivity index (χ4n) is 4.36. The number of nitrogens with zero attached hydrogens (tertiary/aromatic N) is 2. The minimum absolute atomic E-state index is 0.0190. The molecule has 0 aromatic heterocycles. The van der Waals surface area contributed by atoms with Crippen LogP contribution < -0.4 is 5.32 Å². The molecule has 1 saturated carbocycles. The molecule has 1 aliphatic carbocycles. The van der Waals surface area contributed by atoms with Gasteiger partial charge in [-0.15, -0.1) is 0 Å². The number of aliphatic hydroxyl groups excluding tert-OH is 1. The van der Waals surface area contributed by atoms with Crippen LogP contribution in [0.3, 0.4) is 0 Å². The summed E-state index contributed by atoms with van der Waals surface area (Å²) in [6, 6.07) is 1.17. The Balaban J connectivity index is 1.84. The highest BCUT2D eigenvalue weighted by atomic mass is 16.3. The molecule has 0 aromatic rings. The Morgan fingerprint density at radius 3 is 2.67 bits per heavy atom. The van der Waals surface area contributed by atoms with Gasteiger partial charge in [0.25, 0.3) is 0 Å². The second kappa shape index (κ2) is 7.40. The molecule has 2 aliphatic rings. The van der Waals surface area contributed by atoms with Crippen LogP contribution in [0.25, 0.3) is 0 Å². The molecule has 1 aliphatic heterocycles. The van der Waals surface area contributed by atoms with Gasteiger partial charge in [0.15, 0.2) is 0 Å². The van der Waals surface area contributed by atoms with Crippen molar-refractivity contribution in [1.82, 2.24) is 15.1 Å². The third-order valence-corrected chi connectivity index (χ3v) is 5.59. The first-order chi connectivity index (χ1) is 9.97. The Morgan fingerprint density at radius 1 is 1.33 bits per heavy atom. The molecule has 124 valence electrons. The average molecular weight is 297 g/mol. The molecule has 3 atom stereocenters. The summed E-state index contributed by atoms with van der Waals surface area (Å²) in [6.07, 6.45) is 6.18. The smallest absolute Gasteiger partial charge is 0.0616 e. The van der Waals surface area contributed by atoms with Gasteiger partial charge in [0.2, 0.25) is 0 Å². The number of hydrogen-bond donors (Lipinski definition) is 2. The van der Waals surface area contributed by atoms with Gasteiger partial charge >= 0.3 is 0 Å². The summed E-state index contributed by atoms with van der Waals surface area (Å²) in [4.78, 5) is 4.97. The molecule has 2 N–H and O–H groups in total. The van der Waals surface area contributed by atoms with Gasteiger partial charge in [-0.1, -0.05) is 20.3 Å². The highest BCUT2D eigenvalue weighted by molar-refractivity contribution is 5.00. The minimum Gasteiger partial charge on any atom is -0.394 e. The molecular weight excluding hydrogens is 262 g/mol. The van der Waals surface area contributed by atoms with Crippen LogP contribution in [0.1, 0.15) is 46.0 Å². The number of likely N-dealkylation sites (N-methyl/N-ethyl adjacent to an activating group) is 1. The average Bonchev–Trinajstić information content (AvgIpc) is 3.03. The van der Waals surface area contributed by atoms with Crippen LogP contribution in [0.2, 0.25) is 0 Å². The fourth-order valence-corrected chi connectivity index (χ4v) is 4.36. The lowest BCUT2D eigenvalue weighted by molar-refractivity contribution is 0.104. The Labute approximate surface area is 130 Å². The topological polar surface area (TPSA) is 38.7 Å². The summed E-state index contributed by atoms with van der Waals surface area (Å²) in [5.41, 5.74) is -0.0190. The molecule has 0 amide bonds. The number of aliphatic hydroxyl groups is 1. The van der Waals surface area contributed by atoms with Crippen LogP contribution in [0.4, 0.5) is 0 Å². The number of rotatable bonds is 7. The Morgan fingerprint density at radius 2 is 2.10 bits per heavy atom. The zero-order valence-electron chi connectivity index (χ0n) is 14.4. The van der Waals surface area contributed by atoms with Gasteiger partial charge in [-0.3, -0.25) is 0 Å². The van der Waals surface area contributed by atoms with E-state index in [1.807, 2.05) is 0 Å². The van der Waals surface area contributed by atoms with E-state index < -0.39 is 0 Å². The molecule has 0 bridgehead atoms. The summed E-state index contributed by atoms with van der Waals surface area (Å²) in [5, 5.41) is 13.6. The number of nitrogens with one attached hydrogen (secondary N) is 1. The second-order valence-electron chi connectivity index (χ2n) is 7.70. The predicted octanol–water partition coefficient (Wildman–Crippen LogP) is 1.54. The van der Waals surface area contributed by atoms with Crippen molar-refractivity contribution >= 4 is 0 Å². The molecule has 0 radical (unpaired) electrons. The first-order valence-corrected chi connectivity index (χ1v) is 8.74. The van der Waals surface area contributed by atoms with Crippen molar-refractivity contribution in [3.63, 3.8) is 0 Å². The lowest BCUT2D eigenvalue weighted by Gasteiger charge is -2.37. The van der Waals surface area contributed by atoms with Gasteiger partial charge in [-0.2, -0.15) is 0 Å². The largest absolute Gasteiger partial charge is 0.394 e. The Kier molecular flexibility index (Phi) is 6.06. The van der Waals surface area contributed by atoms with Crippen molar-refractivity contribution in [3.8, 4) is 0 Å². The maximum atomic E-state index is 9.96. The minimum atomic E-state index is -0.0190. The highest BCUT2D eigenvalue weighted by Gasteiger charge is 2.42. The quantitative estimate of drug-likeness (QED) is 0.748. The zero-order valence-corrected chi connectivity index (χ0v) is 14.4. The van der Waals surface area contributed by atoms with Crippen LogP contribution in [0, 0.1) is 5.92 Å². The summed E-state index contributed by atoms with van der Waals surface area (Å²) in [7, 11) is 4.38. The molecule has 21 heavy (non-hydrogen) atoms. The third-order valence-electron chi connectivity index (χ3n) is 5.59. The summed E-state index contributed by atoms with van der Waals surface area (Å²) in [6.45, 7) is 8.30. The summed E-state index contributed by atoms with van der Waals surface area (Å²) >= 11 is 0. The van der Waals surface area contributed by atoms with Gasteiger partial charge in [-0.25, -0.2) is 0 Å². The number of hydrogen-bond acceptors (Lipinski definition) is 4. The van der Waals surface area contributed by atoms with E-state index in [-0.39, 0.29) is 12.1 Å². The van der Waals surface area contributed by atoms with Crippen molar-refractivity contribution < 1.29 is 5.11 Å². The molecule has 2 fully saturated rings. The monoisotopic (exact) mass is 297 g/mol. The van der Waals surface area contributed by atoms with E-state index in [0.29, 0.717) is 12.0 Å². The van der Waals surface area contributed by atoms with Gasteiger partial charge in [0, 0.05) is 24.2 Å². The molecule has 0 aromatic carbocycles. The van der Waals surface area contributed by atoms with Crippen molar-refractivity contribution in [3.05, 3.63) is 0 Å². The van der Waals surface area contributed by atoms with Crippen LogP contribution >= 0.6 is 0 Å². The van der Waals surface area contributed by atoms with E-state index >= 15 is 0 Å². The van der Waals surface area contributed by atoms with Gasteiger partial charge in [-0.05, 0) is 58.8 Å². The highest BCUT2D eigenvalue weighted by Crippen LogP contribution is 2.38. The lowest BCUT2D eigenvalue weighted by Crippen LogP contribution is -2.54. The first-order valence-electron chi connectivity index (χ1n) is 8.74. The molecule has 1 heterocycles. The van der Waals surface area contributed by atoms with Crippen LogP contribution in [-0.2, 0) is 0 Å². The lowest BCUT2D eigenvalue weighted by atomic mass is 9.84. The second-order valence-corrected chi connectivity index (χ2v) is 7.70. The maximum absolute atomic E-state index is 9.96. The van der Waals surface area contributed by atoms with Crippen molar-refractivity contribution in [1.29, 1.82) is 0 Å². The van der Waals surface area contributed by atoms with Gasteiger partial charge < -0.3 is 20.2 Å². The van der Waals surface area contributed by atoms with Crippen molar-refractivity contribution in [2.24, 2.45) is 5.92 Å². The number of likely N-dealkylation sites (tertiary alicyclic amines) is 1. The standard InChI is InChI=1S/C17H35N3O/c1-14(2)18-17(13-21)9-5-6-15(17)7-10-20-11-8-16(12-20)19(3)4/h14-16,18,21H,5-13H2,1-4H3. The molecule has 0 spiro atoms. The molecule has 4 nitrogen and oxygen atoms in total. The van der Waals surface area contributed by atoms with E-state index in [1.54, 1.807) is 0 Å². The SMILES string of the molecule is CC(C)NC1(CO)CCCC1CCN1CCC(N(C)C)C1. The Bertz CT molecular complexity index is 321. The molecule has 4 heteroatoms. The zero-order chi connectivity index (χ0) is 15.5. The van der Waals surface area contributed by atoms with Gasteiger partial charge in [0.05, 0.1) is 6.61 Å². The van der Waals surface area contributed by atoms with E-state index in [0.717, 1.165) is 12.5 Å². The fraction of sp³-hybridized carbons (Fsp3) is 1.00. The maximum Gasteiger partial charge on any atom is 0.0616 e. The summed E-state index contributed by atoms with van der Waals surface area (Å²) in [5.74, 6) is 0.628. The van der Waals surface area contributed by atoms with Crippen LogP contribution in [-0.4, -0.2) is 72.9 Å². The Hall–Kier alpha value is -0.160. The van der Waals surface area contributed by atoms with Crippen molar-refractivity contribution in [2.75, 3.05) is 40.3 Å². The van der Waals surface area contributed by atoms with E-state index in [2.05, 4.69) is 43.1 Å². The summed E-state index contributed by atoms with van der Waals surface area (Å²) < 4.78 is 0. The third kappa shape index (κ3) is 4.19. The van der Waals surface area contributed by atoms with E-state index in [1.165, 1.54) is 45.3 Å². The van der Waals surface area contributed by atoms with E-state index in [4.69, 9.17) is 0 Å². The normalized spacial score (nSPS) is 34.4. The van der Waals surface area contributed by atoms with Crippen LogP contribution in [0.5, 0.6) is 0 Å². The molecule has 3 unspecified atom stereocenters. The van der Waals surface area contributed by atoms with E-state index in [9.17, 15) is 5.11 Å². The first kappa shape index (κ1) is 17.2.